The number of hydrogen-bond acceptors (Lipinski definition) is 5. The Morgan fingerprint density at radius 2 is 1.96 bits per heavy atom. The summed E-state index contributed by atoms with van der Waals surface area (Å²) in [5.74, 6) is -0.576. The summed E-state index contributed by atoms with van der Waals surface area (Å²) in [5, 5.41) is 14.9. The van der Waals surface area contributed by atoms with Gasteiger partial charge in [-0.3, -0.25) is 10.1 Å². The number of rotatable bonds is 7. The number of hydrogen-bond donors (Lipinski definition) is 1. The average molecular weight is 349 g/mol. The summed E-state index contributed by atoms with van der Waals surface area (Å²) in [5.41, 5.74) is 1.43. The summed E-state index contributed by atoms with van der Waals surface area (Å²) in [6, 6.07) is 11.7. The molecule has 0 saturated carbocycles. The highest BCUT2D eigenvalue weighted by atomic mass is 35.5. The van der Waals surface area contributed by atoms with E-state index < -0.39 is 10.9 Å². The Bertz CT molecular complexity index is 732. The van der Waals surface area contributed by atoms with Gasteiger partial charge in [0.1, 0.15) is 5.69 Å². The maximum absolute atomic E-state index is 11.7. The van der Waals surface area contributed by atoms with Crippen molar-refractivity contribution in [2.75, 3.05) is 18.5 Å². The van der Waals surface area contributed by atoms with Crippen LogP contribution < -0.4 is 5.32 Å². The number of ether oxygens (including phenoxy) is 1. The second kappa shape index (κ2) is 8.31. The quantitative estimate of drug-likeness (QED) is 0.463. The van der Waals surface area contributed by atoms with Crippen LogP contribution >= 0.6 is 11.6 Å². The SMILES string of the molecule is CCOC(=O)c1ccc(NCCc2ccc(Cl)cc2)c([N+](=O)[O-])c1. The molecule has 0 radical (unpaired) electrons. The lowest BCUT2D eigenvalue weighted by atomic mass is 10.1. The fraction of sp³-hybridized carbons (Fsp3) is 0.235. The number of carbonyl (C=O) groups excluding carboxylic acids is 1. The normalized spacial score (nSPS) is 10.2. The molecule has 0 aliphatic rings. The van der Waals surface area contributed by atoms with Crippen LogP contribution in [0.25, 0.3) is 0 Å². The lowest BCUT2D eigenvalue weighted by Crippen LogP contribution is -2.09. The molecule has 2 rings (SSSR count). The highest BCUT2D eigenvalue weighted by Gasteiger charge is 2.18. The van der Waals surface area contributed by atoms with E-state index in [2.05, 4.69) is 5.32 Å². The maximum Gasteiger partial charge on any atom is 0.338 e. The number of nitrogens with one attached hydrogen (secondary N) is 1. The molecular formula is C17H17ClN2O4. The molecule has 126 valence electrons. The van der Waals surface area contributed by atoms with Crippen molar-refractivity contribution >= 4 is 28.9 Å². The summed E-state index contributed by atoms with van der Waals surface area (Å²) in [6.45, 7) is 2.41. The molecule has 0 spiro atoms. The molecule has 0 aliphatic carbocycles. The van der Waals surface area contributed by atoms with Crippen LogP contribution in [0.3, 0.4) is 0 Å². The van der Waals surface area contributed by atoms with Crippen LogP contribution in [0.2, 0.25) is 5.02 Å². The molecule has 0 heterocycles. The van der Waals surface area contributed by atoms with Crippen LogP contribution in [-0.4, -0.2) is 24.0 Å². The summed E-state index contributed by atoms with van der Waals surface area (Å²) in [7, 11) is 0. The molecule has 1 N–H and O–H groups in total. The maximum atomic E-state index is 11.7. The minimum Gasteiger partial charge on any atom is -0.462 e. The predicted octanol–water partition coefficient (Wildman–Crippen LogP) is 4.08. The highest BCUT2D eigenvalue weighted by molar-refractivity contribution is 6.30. The van der Waals surface area contributed by atoms with Crippen molar-refractivity contribution < 1.29 is 14.5 Å². The van der Waals surface area contributed by atoms with Crippen LogP contribution in [-0.2, 0) is 11.2 Å². The molecule has 0 aliphatic heterocycles. The number of anilines is 1. The third kappa shape index (κ3) is 4.70. The van der Waals surface area contributed by atoms with E-state index in [1.807, 2.05) is 12.1 Å². The number of nitrogens with zero attached hydrogens (tertiary/aromatic N) is 1. The molecule has 0 atom stereocenters. The fourth-order valence-electron chi connectivity index (χ4n) is 2.17. The fourth-order valence-corrected chi connectivity index (χ4v) is 2.29. The van der Waals surface area contributed by atoms with Crippen molar-refractivity contribution in [3.8, 4) is 0 Å². The van der Waals surface area contributed by atoms with E-state index in [-0.39, 0.29) is 17.9 Å². The average Bonchev–Trinajstić information content (AvgIpc) is 2.57. The van der Waals surface area contributed by atoms with Crippen molar-refractivity contribution in [2.24, 2.45) is 0 Å². The van der Waals surface area contributed by atoms with Crippen molar-refractivity contribution in [1.29, 1.82) is 0 Å². The second-order valence-electron chi connectivity index (χ2n) is 5.01. The predicted molar refractivity (Wildman–Crippen MR) is 92.7 cm³/mol. The van der Waals surface area contributed by atoms with Gasteiger partial charge in [0.05, 0.1) is 17.1 Å². The van der Waals surface area contributed by atoms with E-state index in [1.54, 1.807) is 19.1 Å². The van der Waals surface area contributed by atoms with Crippen LogP contribution in [0.1, 0.15) is 22.8 Å². The van der Waals surface area contributed by atoms with Gasteiger partial charge in [0.15, 0.2) is 0 Å². The number of carbonyl (C=O) groups is 1. The molecule has 0 aromatic heterocycles. The number of nitro benzene ring substituents is 1. The van der Waals surface area contributed by atoms with Gasteiger partial charge in [0, 0.05) is 17.6 Å². The van der Waals surface area contributed by atoms with Gasteiger partial charge in [-0.05, 0) is 43.2 Å². The molecule has 0 fully saturated rings. The van der Waals surface area contributed by atoms with Gasteiger partial charge in [-0.1, -0.05) is 23.7 Å². The summed E-state index contributed by atoms with van der Waals surface area (Å²) >= 11 is 5.83. The molecule has 0 bridgehead atoms. The van der Waals surface area contributed by atoms with Gasteiger partial charge in [0.25, 0.3) is 5.69 Å². The zero-order valence-corrected chi connectivity index (χ0v) is 13.9. The molecule has 0 unspecified atom stereocenters. The van der Waals surface area contributed by atoms with Gasteiger partial charge in [-0.15, -0.1) is 0 Å². The zero-order chi connectivity index (χ0) is 17.5. The van der Waals surface area contributed by atoms with Gasteiger partial charge in [-0.25, -0.2) is 4.79 Å². The number of nitro groups is 1. The standard InChI is InChI=1S/C17H17ClN2O4/c1-2-24-17(21)13-5-8-15(16(11-13)20(22)23)19-10-9-12-3-6-14(18)7-4-12/h3-8,11,19H,2,9-10H2,1H3. The summed E-state index contributed by atoms with van der Waals surface area (Å²) in [4.78, 5) is 22.4. The highest BCUT2D eigenvalue weighted by Crippen LogP contribution is 2.26. The molecule has 2 aromatic carbocycles. The first kappa shape index (κ1) is 17.7. The molecular weight excluding hydrogens is 332 g/mol. The van der Waals surface area contributed by atoms with Crippen molar-refractivity contribution in [3.05, 3.63) is 68.7 Å². The minimum absolute atomic E-state index is 0.156. The smallest absolute Gasteiger partial charge is 0.338 e. The Kier molecular flexibility index (Phi) is 6.14. The Morgan fingerprint density at radius 3 is 2.58 bits per heavy atom. The zero-order valence-electron chi connectivity index (χ0n) is 13.1. The Morgan fingerprint density at radius 1 is 1.25 bits per heavy atom. The van der Waals surface area contributed by atoms with Gasteiger partial charge in [-0.2, -0.15) is 0 Å². The minimum atomic E-state index is -0.576. The van der Waals surface area contributed by atoms with Gasteiger partial charge in [0.2, 0.25) is 0 Å². The van der Waals surface area contributed by atoms with Crippen LogP contribution in [0.4, 0.5) is 11.4 Å². The molecule has 2 aromatic rings. The lowest BCUT2D eigenvalue weighted by molar-refractivity contribution is -0.384. The third-order valence-electron chi connectivity index (χ3n) is 3.35. The molecule has 0 amide bonds. The molecule has 24 heavy (non-hydrogen) atoms. The van der Waals surface area contributed by atoms with E-state index in [0.717, 1.165) is 5.56 Å². The Hall–Kier alpha value is -2.60. The summed E-state index contributed by atoms with van der Waals surface area (Å²) < 4.78 is 4.86. The van der Waals surface area contributed by atoms with Gasteiger partial charge >= 0.3 is 5.97 Å². The van der Waals surface area contributed by atoms with Crippen molar-refractivity contribution in [2.45, 2.75) is 13.3 Å². The molecule has 6 nitrogen and oxygen atoms in total. The first-order valence-electron chi connectivity index (χ1n) is 7.45. The van der Waals surface area contributed by atoms with E-state index in [9.17, 15) is 14.9 Å². The molecule has 0 saturated heterocycles. The van der Waals surface area contributed by atoms with Gasteiger partial charge < -0.3 is 10.1 Å². The van der Waals surface area contributed by atoms with Crippen molar-refractivity contribution in [1.82, 2.24) is 0 Å². The van der Waals surface area contributed by atoms with E-state index in [4.69, 9.17) is 16.3 Å². The number of benzene rings is 2. The molecule has 7 heteroatoms. The lowest BCUT2D eigenvalue weighted by Gasteiger charge is -2.09. The van der Waals surface area contributed by atoms with Crippen LogP contribution in [0.15, 0.2) is 42.5 Å². The number of esters is 1. The largest absolute Gasteiger partial charge is 0.462 e. The van der Waals surface area contributed by atoms with E-state index in [0.29, 0.717) is 23.7 Å². The van der Waals surface area contributed by atoms with Crippen LogP contribution in [0, 0.1) is 10.1 Å². The first-order chi connectivity index (χ1) is 11.5. The Balaban J connectivity index is 2.07. The van der Waals surface area contributed by atoms with E-state index >= 15 is 0 Å². The third-order valence-corrected chi connectivity index (χ3v) is 3.60. The first-order valence-corrected chi connectivity index (χ1v) is 7.83. The van der Waals surface area contributed by atoms with E-state index in [1.165, 1.54) is 18.2 Å². The van der Waals surface area contributed by atoms with Crippen molar-refractivity contribution in [3.63, 3.8) is 0 Å². The monoisotopic (exact) mass is 348 g/mol. The Labute approximate surface area is 144 Å². The van der Waals surface area contributed by atoms with Crippen LogP contribution in [0.5, 0.6) is 0 Å². The second-order valence-corrected chi connectivity index (χ2v) is 5.45. The number of halogens is 1. The topological polar surface area (TPSA) is 81.5 Å². The summed E-state index contributed by atoms with van der Waals surface area (Å²) in [6.07, 6.45) is 0.688.